The van der Waals surface area contributed by atoms with Gasteiger partial charge in [0.05, 0.1) is 31.6 Å². The minimum atomic E-state index is 0.0646. The molecule has 28 heavy (non-hydrogen) atoms. The number of hydrogen-bond donors (Lipinski definition) is 5. The highest BCUT2D eigenvalue weighted by Crippen LogP contribution is 2.28. The lowest BCUT2D eigenvalue weighted by atomic mass is 9.92. The predicted molar refractivity (Wildman–Crippen MR) is 106 cm³/mol. The van der Waals surface area contributed by atoms with Crippen molar-refractivity contribution in [2.24, 2.45) is 5.92 Å². The minimum Gasteiger partial charge on any atom is -0.379 e. The van der Waals surface area contributed by atoms with Gasteiger partial charge in [0, 0.05) is 19.6 Å². The van der Waals surface area contributed by atoms with Gasteiger partial charge in [-0.3, -0.25) is 30.6 Å². The zero-order valence-electron chi connectivity index (χ0n) is 16.9. The first kappa shape index (κ1) is 19.6. The lowest BCUT2D eigenvalue weighted by Crippen LogP contribution is -2.62. The summed E-state index contributed by atoms with van der Waals surface area (Å²) >= 11 is 0. The largest absolute Gasteiger partial charge is 0.379 e. The number of morpholine rings is 1. The first-order chi connectivity index (χ1) is 13.9. The molecule has 5 heterocycles. The van der Waals surface area contributed by atoms with Gasteiger partial charge in [-0.05, 0) is 57.7 Å². The van der Waals surface area contributed by atoms with Crippen LogP contribution < -0.4 is 26.7 Å². The number of piperidine rings is 1. The summed E-state index contributed by atoms with van der Waals surface area (Å²) in [7, 11) is 0. The molecule has 4 unspecified atom stereocenters. The van der Waals surface area contributed by atoms with E-state index in [1.165, 1.54) is 25.7 Å². The third-order valence-electron chi connectivity index (χ3n) is 7.10. The molecule has 0 aliphatic carbocycles. The van der Waals surface area contributed by atoms with Crippen LogP contribution in [0.5, 0.6) is 0 Å². The van der Waals surface area contributed by atoms with Crippen molar-refractivity contribution in [3.8, 4) is 0 Å². The van der Waals surface area contributed by atoms with E-state index in [2.05, 4.69) is 36.5 Å². The van der Waals surface area contributed by atoms with E-state index in [4.69, 9.17) is 9.57 Å². The van der Waals surface area contributed by atoms with Crippen molar-refractivity contribution in [3.63, 3.8) is 0 Å². The second-order valence-corrected chi connectivity index (χ2v) is 8.82. The number of ether oxygens (including phenoxy) is 1. The lowest BCUT2D eigenvalue weighted by molar-refractivity contribution is -0.0426. The maximum absolute atomic E-state index is 6.09. The van der Waals surface area contributed by atoms with Gasteiger partial charge in [-0.2, -0.15) is 5.48 Å². The van der Waals surface area contributed by atoms with E-state index < -0.39 is 0 Å². The van der Waals surface area contributed by atoms with Crippen molar-refractivity contribution in [2.45, 2.75) is 63.0 Å². The van der Waals surface area contributed by atoms with Crippen LogP contribution in [0.15, 0.2) is 0 Å². The number of nitrogens with zero attached hydrogens (tertiary/aromatic N) is 2. The van der Waals surface area contributed by atoms with Gasteiger partial charge in [-0.15, -0.1) is 0 Å². The van der Waals surface area contributed by atoms with Crippen molar-refractivity contribution >= 4 is 0 Å². The van der Waals surface area contributed by atoms with Crippen LogP contribution in [0.2, 0.25) is 0 Å². The minimum absolute atomic E-state index is 0.0646. The Hall–Kier alpha value is -0.360. The zero-order valence-corrected chi connectivity index (χ0v) is 16.9. The van der Waals surface area contributed by atoms with Crippen molar-refractivity contribution in [1.82, 2.24) is 36.5 Å². The summed E-state index contributed by atoms with van der Waals surface area (Å²) in [5.41, 5.74) is 3.35. The first-order valence-electron chi connectivity index (χ1n) is 11.3. The predicted octanol–water partition coefficient (Wildman–Crippen LogP) is -1.25. The van der Waals surface area contributed by atoms with E-state index in [-0.39, 0.29) is 18.7 Å². The van der Waals surface area contributed by atoms with Crippen LogP contribution in [0.3, 0.4) is 0 Å². The van der Waals surface area contributed by atoms with Crippen LogP contribution in [0.4, 0.5) is 0 Å². The fourth-order valence-corrected chi connectivity index (χ4v) is 5.54. The molecule has 0 saturated carbocycles. The molecule has 0 spiro atoms. The Morgan fingerprint density at radius 1 is 0.857 bits per heavy atom. The van der Waals surface area contributed by atoms with E-state index in [1.54, 1.807) is 0 Å². The molecule has 5 fully saturated rings. The molecule has 0 aromatic rings. The van der Waals surface area contributed by atoms with Crippen molar-refractivity contribution in [2.75, 3.05) is 52.5 Å². The number of nitrogens with one attached hydrogen (secondary N) is 5. The Kier molecular flexibility index (Phi) is 6.44. The van der Waals surface area contributed by atoms with Crippen LogP contribution in [0.1, 0.15) is 32.1 Å². The Morgan fingerprint density at radius 3 is 2.57 bits per heavy atom. The maximum atomic E-state index is 6.09. The molecule has 5 saturated heterocycles. The smallest absolute Gasteiger partial charge is 0.146 e. The zero-order chi connectivity index (χ0) is 18.8. The summed E-state index contributed by atoms with van der Waals surface area (Å²) in [6, 6.07) is 0.414. The normalized spacial score (nSPS) is 42.2. The summed E-state index contributed by atoms with van der Waals surface area (Å²) in [5, 5.41) is 14.7. The topological polar surface area (TPSA) is 85.1 Å². The molecule has 9 nitrogen and oxygen atoms in total. The number of hydroxylamine groups is 1. The Morgan fingerprint density at radius 2 is 1.71 bits per heavy atom. The monoisotopic (exact) mass is 395 g/mol. The van der Waals surface area contributed by atoms with Gasteiger partial charge in [0.1, 0.15) is 12.5 Å². The van der Waals surface area contributed by atoms with Gasteiger partial charge in [-0.25, -0.2) is 0 Å². The highest BCUT2D eigenvalue weighted by atomic mass is 16.7. The van der Waals surface area contributed by atoms with Crippen LogP contribution >= 0.6 is 0 Å². The highest BCUT2D eigenvalue weighted by Gasteiger charge is 2.43. The van der Waals surface area contributed by atoms with E-state index in [1.807, 2.05) is 0 Å². The number of likely N-dealkylation sites (tertiary alicyclic amines) is 1. The molecule has 0 aromatic carbocycles. The molecule has 160 valence electrons. The van der Waals surface area contributed by atoms with E-state index in [0.29, 0.717) is 18.1 Å². The average Bonchev–Trinajstić information content (AvgIpc) is 3.45. The lowest BCUT2D eigenvalue weighted by Gasteiger charge is -2.41. The molecule has 0 aromatic heterocycles. The van der Waals surface area contributed by atoms with Crippen molar-refractivity contribution in [3.05, 3.63) is 0 Å². The maximum Gasteiger partial charge on any atom is 0.146 e. The molecule has 0 amide bonds. The van der Waals surface area contributed by atoms with Gasteiger partial charge in [0.15, 0.2) is 0 Å². The molecule has 0 radical (unpaired) electrons. The molecule has 9 heteroatoms. The second-order valence-electron chi connectivity index (χ2n) is 8.82. The second kappa shape index (κ2) is 9.20. The van der Waals surface area contributed by atoms with E-state index in [0.717, 1.165) is 58.9 Å². The molecule has 5 N–H and O–H groups in total. The quantitative estimate of drug-likeness (QED) is 0.401. The van der Waals surface area contributed by atoms with Crippen LogP contribution in [0.25, 0.3) is 0 Å². The van der Waals surface area contributed by atoms with E-state index >= 15 is 0 Å². The van der Waals surface area contributed by atoms with Gasteiger partial charge >= 0.3 is 0 Å². The standard InChI is InChI=1S/C19H37N7O2/c1-3-15(26(8-1)19-21-5-2-6-22-19)18-23-17(24-28-18)14-4-7-20-16(13-14)25-9-11-27-12-10-25/h14-24H,1-13H2/t14?,15-,16?,17?,18?/m0/s1. The summed E-state index contributed by atoms with van der Waals surface area (Å²) in [6.07, 6.45) is 7.02. The first-order valence-corrected chi connectivity index (χ1v) is 11.3. The molecule has 0 bridgehead atoms. The van der Waals surface area contributed by atoms with Gasteiger partial charge in [-0.1, -0.05) is 0 Å². The fourth-order valence-electron chi connectivity index (χ4n) is 5.54. The van der Waals surface area contributed by atoms with Crippen LogP contribution in [-0.2, 0) is 9.57 Å². The summed E-state index contributed by atoms with van der Waals surface area (Å²) in [6.45, 7) is 8.18. The molecule has 5 atom stereocenters. The average molecular weight is 396 g/mol. The summed E-state index contributed by atoms with van der Waals surface area (Å²) in [4.78, 5) is 11.2. The number of rotatable bonds is 4. The molecule has 5 aliphatic heterocycles. The Labute approximate surface area is 168 Å². The Bertz CT molecular complexity index is 501. The van der Waals surface area contributed by atoms with Crippen molar-refractivity contribution in [1.29, 1.82) is 0 Å². The van der Waals surface area contributed by atoms with Crippen molar-refractivity contribution < 1.29 is 9.57 Å². The molecule has 5 aliphatic rings. The molecular formula is C19H37N7O2. The number of hydrogen-bond acceptors (Lipinski definition) is 9. The SMILES string of the molecule is C1CNC(N2CCC[C@H]2C2NC(C3CCNC(N4CCOCC4)C3)NO2)NC1. The molecule has 5 rings (SSSR count). The fraction of sp³-hybridized carbons (Fsp3) is 1.00. The summed E-state index contributed by atoms with van der Waals surface area (Å²) in [5.74, 6) is 0.583. The van der Waals surface area contributed by atoms with Gasteiger partial charge < -0.3 is 10.1 Å². The van der Waals surface area contributed by atoms with E-state index in [9.17, 15) is 0 Å². The van der Waals surface area contributed by atoms with Gasteiger partial charge in [0.25, 0.3) is 0 Å². The highest BCUT2D eigenvalue weighted by molar-refractivity contribution is 4.93. The third kappa shape index (κ3) is 4.23. The third-order valence-corrected chi connectivity index (χ3v) is 7.10. The summed E-state index contributed by atoms with van der Waals surface area (Å²) < 4.78 is 5.52. The van der Waals surface area contributed by atoms with Crippen LogP contribution in [0, 0.1) is 5.92 Å². The molecular weight excluding hydrogens is 358 g/mol. The Balaban J connectivity index is 1.16. The van der Waals surface area contributed by atoms with Gasteiger partial charge in [0.2, 0.25) is 0 Å². The van der Waals surface area contributed by atoms with Crippen LogP contribution in [-0.4, -0.2) is 93.2 Å².